The number of hydrogen-bond donors (Lipinski definition) is 1. The zero-order chi connectivity index (χ0) is 17.7. The predicted octanol–water partition coefficient (Wildman–Crippen LogP) is 2.00. The molecule has 0 spiro atoms. The number of aryl methyl sites for hydroxylation is 1. The minimum absolute atomic E-state index is 0.0434. The predicted molar refractivity (Wildman–Crippen MR) is 90.9 cm³/mol. The highest BCUT2D eigenvalue weighted by atomic mass is 19.1. The number of rotatable bonds is 6. The zero-order valence-electron chi connectivity index (χ0n) is 14.5. The molecule has 0 fully saturated rings. The van der Waals surface area contributed by atoms with Gasteiger partial charge in [0.1, 0.15) is 5.82 Å². The molecule has 6 nitrogen and oxygen atoms in total. The SMILES string of the molecule is CN(Cc1ccc(F)cc1)C(=O)NC[C@@H](c1cnn(C)c1)N(C)C. The van der Waals surface area contributed by atoms with Crippen LogP contribution in [0, 0.1) is 5.82 Å². The standard InChI is InChI=1S/C17H24FN5O/c1-21(2)16(14-9-20-23(4)12-14)10-19-17(24)22(3)11-13-5-7-15(18)8-6-13/h5-9,12,16H,10-11H2,1-4H3,(H,19,24)/t16-/m0/s1. The molecule has 2 amide bonds. The smallest absolute Gasteiger partial charge is 0.317 e. The van der Waals surface area contributed by atoms with Gasteiger partial charge in [-0.25, -0.2) is 9.18 Å². The number of carbonyl (C=O) groups is 1. The number of urea groups is 1. The summed E-state index contributed by atoms with van der Waals surface area (Å²) in [6.07, 6.45) is 3.75. The monoisotopic (exact) mass is 333 g/mol. The van der Waals surface area contributed by atoms with Gasteiger partial charge in [-0.1, -0.05) is 12.1 Å². The van der Waals surface area contributed by atoms with E-state index in [2.05, 4.69) is 10.4 Å². The highest BCUT2D eigenvalue weighted by Crippen LogP contribution is 2.16. The van der Waals surface area contributed by atoms with E-state index in [1.54, 1.807) is 35.0 Å². The van der Waals surface area contributed by atoms with E-state index in [9.17, 15) is 9.18 Å². The van der Waals surface area contributed by atoms with Gasteiger partial charge in [-0.15, -0.1) is 0 Å². The van der Waals surface area contributed by atoms with Gasteiger partial charge in [0.25, 0.3) is 0 Å². The van der Waals surface area contributed by atoms with Crippen LogP contribution in [0.5, 0.6) is 0 Å². The van der Waals surface area contributed by atoms with E-state index in [-0.39, 0.29) is 17.9 Å². The molecule has 0 aliphatic rings. The number of hydrogen-bond acceptors (Lipinski definition) is 3. The van der Waals surface area contributed by atoms with Crippen molar-refractivity contribution < 1.29 is 9.18 Å². The average molecular weight is 333 g/mol. The van der Waals surface area contributed by atoms with Crippen LogP contribution < -0.4 is 5.32 Å². The fourth-order valence-corrected chi connectivity index (χ4v) is 2.47. The number of aromatic nitrogens is 2. The van der Waals surface area contributed by atoms with Crippen LogP contribution in [0.3, 0.4) is 0 Å². The summed E-state index contributed by atoms with van der Waals surface area (Å²) < 4.78 is 14.7. The van der Waals surface area contributed by atoms with Gasteiger partial charge in [-0.05, 0) is 31.8 Å². The Morgan fingerprint density at radius 1 is 1.29 bits per heavy atom. The molecule has 1 aromatic heterocycles. The van der Waals surface area contributed by atoms with Crippen LogP contribution in [0.15, 0.2) is 36.7 Å². The van der Waals surface area contributed by atoms with Gasteiger partial charge in [-0.2, -0.15) is 5.10 Å². The first-order chi connectivity index (χ1) is 11.4. The lowest BCUT2D eigenvalue weighted by Crippen LogP contribution is -2.41. The molecule has 1 heterocycles. The highest BCUT2D eigenvalue weighted by Gasteiger charge is 2.18. The van der Waals surface area contributed by atoms with Crippen LogP contribution in [-0.2, 0) is 13.6 Å². The molecule has 1 atom stereocenters. The van der Waals surface area contributed by atoms with Crippen molar-refractivity contribution in [3.8, 4) is 0 Å². The largest absolute Gasteiger partial charge is 0.336 e. The first-order valence-electron chi connectivity index (χ1n) is 7.75. The van der Waals surface area contributed by atoms with Gasteiger partial charge in [-0.3, -0.25) is 4.68 Å². The van der Waals surface area contributed by atoms with Crippen LogP contribution in [-0.4, -0.2) is 53.3 Å². The van der Waals surface area contributed by atoms with Crippen molar-refractivity contribution in [2.45, 2.75) is 12.6 Å². The van der Waals surface area contributed by atoms with Crippen molar-refractivity contribution in [3.05, 3.63) is 53.6 Å². The summed E-state index contributed by atoms with van der Waals surface area (Å²) in [7, 11) is 7.51. The second kappa shape index (κ2) is 7.92. The first-order valence-corrected chi connectivity index (χ1v) is 7.75. The quantitative estimate of drug-likeness (QED) is 0.880. The fourth-order valence-electron chi connectivity index (χ4n) is 2.47. The Morgan fingerprint density at radius 3 is 2.50 bits per heavy atom. The molecule has 0 aliphatic carbocycles. The van der Waals surface area contributed by atoms with Crippen LogP contribution in [0.4, 0.5) is 9.18 Å². The zero-order valence-corrected chi connectivity index (χ0v) is 14.5. The second-order valence-corrected chi connectivity index (χ2v) is 6.10. The highest BCUT2D eigenvalue weighted by molar-refractivity contribution is 5.73. The number of halogens is 1. The maximum atomic E-state index is 12.9. The van der Waals surface area contributed by atoms with E-state index in [1.807, 2.05) is 32.2 Å². The molecule has 0 radical (unpaired) electrons. The van der Waals surface area contributed by atoms with Gasteiger partial charge < -0.3 is 15.1 Å². The third-order valence-corrected chi connectivity index (χ3v) is 3.86. The number of benzene rings is 1. The molecule has 7 heteroatoms. The summed E-state index contributed by atoms with van der Waals surface area (Å²) in [4.78, 5) is 15.9. The molecule has 0 saturated carbocycles. The summed E-state index contributed by atoms with van der Waals surface area (Å²) >= 11 is 0. The van der Waals surface area contributed by atoms with Crippen LogP contribution in [0.2, 0.25) is 0 Å². The lowest BCUT2D eigenvalue weighted by Gasteiger charge is -2.25. The van der Waals surface area contributed by atoms with Gasteiger partial charge >= 0.3 is 6.03 Å². The van der Waals surface area contributed by atoms with Crippen molar-refractivity contribution in [3.63, 3.8) is 0 Å². The van der Waals surface area contributed by atoms with E-state index in [4.69, 9.17) is 0 Å². The van der Waals surface area contributed by atoms with Crippen molar-refractivity contribution in [2.75, 3.05) is 27.7 Å². The molecule has 24 heavy (non-hydrogen) atoms. The minimum atomic E-state index is -0.281. The first kappa shape index (κ1) is 17.9. The summed E-state index contributed by atoms with van der Waals surface area (Å²) in [5.74, 6) is -0.281. The molecule has 130 valence electrons. The minimum Gasteiger partial charge on any atom is -0.336 e. The van der Waals surface area contributed by atoms with E-state index >= 15 is 0 Å². The molecule has 0 bridgehead atoms. The maximum Gasteiger partial charge on any atom is 0.317 e. The van der Waals surface area contributed by atoms with E-state index in [1.165, 1.54) is 12.1 Å². The fraction of sp³-hybridized carbons (Fsp3) is 0.412. The lowest BCUT2D eigenvalue weighted by molar-refractivity contribution is 0.200. The lowest BCUT2D eigenvalue weighted by atomic mass is 10.1. The van der Waals surface area contributed by atoms with E-state index in [0.29, 0.717) is 13.1 Å². The third kappa shape index (κ3) is 4.79. The van der Waals surface area contributed by atoms with Crippen molar-refractivity contribution in [1.82, 2.24) is 24.9 Å². The summed E-state index contributed by atoms with van der Waals surface area (Å²) in [5.41, 5.74) is 1.93. The van der Waals surface area contributed by atoms with Crippen molar-refractivity contribution in [2.24, 2.45) is 7.05 Å². The molecule has 2 aromatic rings. The number of amides is 2. The molecule has 2 rings (SSSR count). The molecular formula is C17H24FN5O. The molecular weight excluding hydrogens is 309 g/mol. The Kier molecular flexibility index (Phi) is 5.92. The van der Waals surface area contributed by atoms with Crippen LogP contribution in [0.25, 0.3) is 0 Å². The molecule has 1 aromatic carbocycles. The Bertz CT molecular complexity index is 668. The summed E-state index contributed by atoms with van der Waals surface area (Å²) in [6, 6.07) is 6.02. The normalized spacial score (nSPS) is 12.2. The van der Waals surface area contributed by atoms with Crippen LogP contribution in [0.1, 0.15) is 17.2 Å². The average Bonchev–Trinajstić information content (AvgIpc) is 2.95. The number of nitrogens with zero attached hydrogens (tertiary/aromatic N) is 4. The molecule has 0 aliphatic heterocycles. The second-order valence-electron chi connectivity index (χ2n) is 6.10. The summed E-state index contributed by atoms with van der Waals surface area (Å²) in [5, 5.41) is 7.12. The van der Waals surface area contributed by atoms with E-state index < -0.39 is 0 Å². The van der Waals surface area contributed by atoms with Crippen molar-refractivity contribution >= 4 is 6.03 Å². The molecule has 1 N–H and O–H groups in total. The third-order valence-electron chi connectivity index (χ3n) is 3.86. The Hall–Kier alpha value is -2.41. The van der Waals surface area contributed by atoms with Crippen molar-refractivity contribution in [1.29, 1.82) is 0 Å². The van der Waals surface area contributed by atoms with Gasteiger partial charge in [0.15, 0.2) is 0 Å². The van der Waals surface area contributed by atoms with Gasteiger partial charge in [0, 0.05) is 38.9 Å². The Labute approximate surface area is 141 Å². The number of nitrogens with one attached hydrogen (secondary N) is 1. The Balaban J connectivity index is 1.91. The van der Waals surface area contributed by atoms with Crippen LogP contribution >= 0.6 is 0 Å². The Morgan fingerprint density at radius 2 is 1.96 bits per heavy atom. The number of carbonyl (C=O) groups excluding carboxylic acids is 1. The van der Waals surface area contributed by atoms with Gasteiger partial charge in [0.05, 0.1) is 12.2 Å². The maximum absolute atomic E-state index is 12.9. The van der Waals surface area contributed by atoms with Gasteiger partial charge in [0.2, 0.25) is 0 Å². The number of likely N-dealkylation sites (N-methyl/N-ethyl adjacent to an activating group) is 1. The molecule has 0 unspecified atom stereocenters. The molecule has 0 saturated heterocycles. The topological polar surface area (TPSA) is 53.4 Å². The van der Waals surface area contributed by atoms with E-state index in [0.717, 1.165) is 11.1 Å². The summed E-state index contributed by atoms with van der Waals surface area (Å²) in [6.45, 7) is 0.900.